The number of hydrogen-bond acceptors (Lipinski definition) is 4. The van der Waals surface area contributed by atoms with Crippen LogP contribution < -0.4 is 10.2 Å². The Balaban J connectivity index is 1.42. The zero-order valence-corrected chi connectivity index (χ0v) is 15.9. The average molecular weight is 383 g/mol. The molecular formula is C22H26FN3O2. The minimum Gasteiger partial charge on any atom is -0.378 e. The number of benzene rings is 2. The summed E-state index contributed by atoms with van der Waals surface area (Å²) in [6.45, 7) is 4.43. The number of hydrogen-bond donors (Lipinski definition) is 1. The molecule has 5 nitrogen and oxygen atoms in total. The monoisotopic (exact) mass is 383 g/mol. The van der Waals surface area contributed by atoms with Gasteiger partial charge in [0.2, 0.25) is 5.91 Å². The number of ether oxygens (including phenoxy) is 1. The topological polar surface area (TPSA) is 44.8 Å². The molecule has 2 saturated heterocycles. The largest absolute Gasteiger partial charge is 0.378 e. The van der Waals surface area contributed by atoms with Gasteiger partial charge in [0.1, 0.15) is 5.82 Å². The molecule has 1 atom stereocenters. The van der Waals surface area contributed by atoms with Crippen LogP contribution in [0.3, 0.4) is 0 Å². The molecule has 0 aliphatic carbocycles. The van der Waals surface area contributed by atoms with Crippen molar-refractivity contribution in [2.75, 3.05) is 43.1 Å². The summed E-state index contributed by atoms with van der Waals surface area (Å²) in [6, 6.07) is 14.5. The van der Waals surface area contributed by atoms with Gasteiger partial charge in [0.05, 0.1) is 19.3 Å². The van der Waals surface area contributed by atoms with Crippen LogP contribution in [-0.2, 0) is 16.1 Å². The van der Waals surface area contributed by atoms with Crippen molar-refractivity contribution in [1.29, 1.82) is 0 Å². The second kappa shape index (κ2) is 8.71. The Labute approximate surface area is 165 Å². The van der Waals surface area contributed by atoms with E-state index < -0.39 is 0 Å². The molecule has 6 heteroatoms. The summed E-state index contributed by atoms with van der Waals surface area (Å²) >= 11 is 0. The maximum absolute atomic E-state index is 14.0. The number of halogens is 1. The number of rotatable bonds is 5. The Bertz CT molecular complexity index is 823. The van der Waals surface area contributed by atoms with Crippen LogP contribution in [0.25, 0.3) is 0 Å². The number of nitrogens with zero attached hydrogens (tertiary/aromatic N) is 2. The highest BCUT2D eigenvalue weighted by molar-refractivity contribution is 5.95. The van der Waals surface area contributed by atoms with Gasteiger partial charge in [0, 0.05) is 36.6 Å². The van der Waals surface area contributed by atoms with Crippen LogP contribution in [-0.4, -0.2) is 49.7 Å². The first-order valence-corrected chi connectivity index (χ1v) is 9.92. The van der Waals surface area contributed by atoms with Crippen molar-refractivity contribution >= 4 is 17.3 Å². The number of nitrogens with one attached hydrogen (secondary N) is 1. The van der Waals surface area contributed by atoms with Crippen LogP contribution in [0, 0.1) is 5.82 Å². The fourth-order valence-electron chi connectivity index (χ4n) is 3.99. The Morgan fingerprint density at radius 1 is 1.11 bits per heavy atom. The molecule has 4 rings (SSSR count). The maximum atomic E-state index is 14.0. The second-order valence-electron chi connectivity index (χ2n) is 7.36. The Morgan fingerprint density at radius 2 is 1.93 bits per heavy atom. The van der Waals surface area contributed by atoms with Gasteiger partial charge in [0.25, 0.3) is 0 Å². The zero-order chi connectivity index (χ0) is 19.3. The first kappa shape index (κ1) is 18.9. The van der Waals surface area contributed by atoms with E-state index in [9.17, 15) is 9.18 Å². The predicted molar refractivity (Wildman–Crippen MR) is 108 cm³/mol. The Hall–Kier alpha value is -2.44. The van der Waals surface area contributed by atoms with Gasteiger partial charge < -0.3 is 15.0 Å². The van der Waals surface area contributed by atoms with E-state index in [0.29, 0.717) is 12.1 Å². The van der Waals surface area contributed by atoms with Gasteiger partial charge in [-0.25, -0.2) is 4.39 Å². The van der Waals surface area contributed by atoms with Crippen molar-refractivity contribution in [3.63, 3.8) is 0 Å². The second-order valence-corrected chi connectivity index (χ2v) is 7.36. The third kappa shape index (κ3) is 4.34. The van der Waals surface area contributed by atoms with Gasteiger partial charge in [-0.3, -0.25) is 9.69 Å². The lowest BCUT2D eigenvalue weighted by atomic mass is 10.1. The highest BCUT2D eigenvalue weighted by Crippen LogP contribution is 2.24. The van der Waals surface area contributed by atoms with E-state index in [4.69, 9.17) is 4.74 Å². The van der Waals surface area contributed by atoms with Gasteiger partial charge in [-0.1, -0.05) is 24.3 Å². The van der Waals surface area contributed by atoms with Crippen molar-refractivity contribution in [2.45, 2.75) is 25.4 Å². The first-order chi connectivity index (χ1) is 13.7. The van der Waals surface area contributed by atoms with Crippen LogP contribution in [0.5, 0.6) is 0 Å². The van der Waals surface area contributed by atoms with E-state index in [1.807, 2.05) is 24.3 Å². The molecule has 2 fully saturated rings. The third-order valence-corrected chi connectivity index (χ3v) is 5.49. The van der Waals surface area contributed by atoms with Crippen molar-refractivity contribution in [3.8, 4) is 0 Å². The molecule has 1 amide bonds. The number of anilines is 2. The first-order valence-electron chi connectivity index (χ1n) is 9.92. The summed E-state index contributed by atoms with van der Waals surface area (Å²) in [6.07, 6.45) is 1.74. The molecule has 28 heavy (non-hydrogen) atoms. The normalized spacial score (nSPS) is 20.3. The van der Waals surface area contributed by atoms with Gasteiger partial charge >= 0.3 is 0 Å². The summed E-state index contributed by atoms with van der Waals surface area (Å²) < 4.78 is 19.4. The Morgan fingerprint density at radius 3 is 2.75 bits per heavy atom. The SMILES string of the molecule is O=C(Nc1cccc(N2CCOCC2)c1)C1CCCN1Cc1ccccc1F. The van der Waals surface area contributed by atoms with Gasteiger partial charge in [-0.2, -0.15) is 0 Å². The molecule has 2 aromatic carbocycles. The predicted octanol–water partition coefficient (Wildman–Crippen LogP) is 3.27. The van der Waals surface area contributed by atoms with Gasteiger partial charge in [0.15, 0.2) is 0 Å². The molecule has 0 radical (unpaired) electrons. The van der Waals surface area contributed by atoms with Gasteiger partial charge in [-0.05, 0) is 43.7 Å². The van der Waals surface area contributed by atoms with Crippen molar-refractivity contribution in [2.24, 2.45) is 0 Å². The minimum atomic E-state index is -0.230. The lowest BCUT2D eigenvalue weighted by molar-refractivity contribution is -0.120. The standard InChI is InChI=1S/C22H26FN3O2/c23-20-8-2-1-5-17(20)16-26-10-4-9-21(26)22(27)24-18-6-3-7-19(15-18)25-11-13-28-14-12-25/h1-3,5-8,15,21H,4,9-14,16H2,(H,24,27). The van der Waals surface area contributed by atoms with E-state index >= 15 is 0 Å². The fourth-order valence-corrected chi connectivity index (χ4v) is 3.99. The molecule has 1 N–H and O–H groups in total. The molecule has 2 heterocycles. The average Bonchev–Trinajstić information content (AvgIpc) is 3.19. The van der Waals surface area contributed by atoms with Crippen LogP contribution in [0.2, 0.25) is 0 Å². The van der Waals surface area contributed by atoms with Crippen molar-refractivity contribution in [1.82, 2.24) is 4.90 Å². The number of carbonyl (C=O) groups excluding carboxylic acids is 1. The van der Waals surface area contributed by atoms with Crippen LogP contribution in [0.15, 0.2) is 48.5 Å². The summed E-state index contributed by atoms with van der Waals surface area (Å²) in [5, 5.41) is 3.06. The lowest BCUT2D eigenvalue weighted by Gasteiger charge is -2.29. The van der Waals surface area contributed by atoms with Crippen LogP contribution >= 0.6 is 0 Å². The van der Waals surface area contributed by atoms with Gasteiger partial charge in [-0.15, -0.1) is 0 Å². The highest BCUT2D eigenvalue weighted by atomic mass is 19.1. The van der Waals surface area contributed by atoms with Crippen molar-refractivity contribution in [3.05, 3.63) is 59.9 Å². The van der Waals surface area contributed by atoms with Crippen LogP contribution in [0.1, 0.15) is 18.4 Å². The molecule has 0 spiro atoms. The molecule has 2 aliphatic rings. The number of morpholine rings is 1. The zero-order valence-electron chi connectivity index (χ0n) is 15.9. The molecule has 2 aromatic rings. The molecule has 0 bridgehead atoms. The number of carbonyl (C=O) groups is 1. The van der Waals surface area contributed by atoms with Crippen molar-refractivity contribution < 1.29 is 13.9 Å². The lowest BCUT2D eigenvalue weighted by Crippen LogP contribution is -2.39. The summed E-state index contributed by atoms with van der Waals surface area (Å²) in [5.41, 5.74) is 2.53. The summed E-state index contributed by atoms with van der Waals surface area (Å²) in [7, 11) is 0. The summed E-state index contributed by atoms with van der Waals surface area (Å²) in [4.78, 5) is 17.2. The van der Waals surface area contributed by atoms with E-state index in [1.165, 1.54) is 6.07 Å². The molecule has 0 aromatic heterocycles. The molecule has 2 aliphatic heterocycles. The molecule has 148 valence electrons. The fraction of sp³-hybridized carbons (Fsp3) is 0.409. The highest BCUT2D eigenvalue weighted by Gasteiger charge is 2.31. The molecule has 0 saturated carbocycles. The van der Waals surface area contributed by atoms with E-state index in [1.54, 1.807) is 12.1 Å². The third-order valence-electron chi connectivity index (χ3n) is 5.49. The number of amides is 1. The maximum Gasteiger partial charge on any atom is 0.241 e. The Kier molecular flexibility index (Phi) is 5.88. The quantitative estimate of drug-likeness (QED) is 0.861. The molecular weight excluding hydrogens is 357 g/mol. The summed E-state index contributed by atoms with van der Waals surface area (Å²) in [5.74, 6) is -0.236. The number of likely N-dealkylation sites (tertiary alicyclic amines) is 1. The van der Waals surface area contributed by atoms with E-state index in [-0.39, 0.29) is 17.8 Å². The molecule has 1 unspecified atom stereocenters. The van der Waals surface area contributed by atoms with Crippen LogP contribution in [0.4, 0.5) is 15.8 Å². The smallest absolute Gasteiger partial charge is 0.241 e. The van der Waals surface area contributed by atoms with E-state index in [0.717, 1.165) is 57.1 Å². The minimum absolute atomic E-state index is 0.0204. The van der Waals surface area contributed by atoms with E-state index in [2.05, 4.69) is 21.2 Å².